The van der Waals surface area contributed by atoms with E-state index >= 15 is 0 Å². The first-order valence-corrected chi connectivity index (χ1v) is 9.99. The second kappa shape index (κ2) is 7.97. The topological polar surface area (TPSA) is 72.0 Å². The van der Waals surface area contributed by atoms with Crippen LogP contribution in [0.2, 0.25) is 0 Å². The van der Waals surface area contributed by atoms with Gasteiger partial charge in [-0.05, 0) is 38.5 Å². The maximum Gasteiger partial charge on any atom is 0.237 e. The second-order valence-electron chi connectivity index (χ2n) is 5.85. The van der Waals surface area contributed by atoms with Gasteiger partial charge in [-0.1, -0.05) is 30.8 Å². The summed E-state index contributed by atoms with van der Waals surface area (Å²) < 4.78 is 0. The molecule has 1 N–H and O–H groups in total. The molecular weight excluding hydrogens is 366 g/mol. The van der Waals surface area contributed by atoms with Gasteiger partial charge < -0.3 is 5.32 Å². The van der Waals surface area contributed by atoms with Crippen molar-refractivity contribution in [2.45, 2.75) is 37.5 Å². The largest absolute Gasteiger partial charge is 0.325 e. The zero-order chi connectivity index (χ0) is 18.7. The number of Topliss-reactive ketones (excluding diaryl/α,β-unsaturated/α-hetero) is 1. The molecule has 1 atom stereocenters. The number of nitrogens with zero attached hydrogens (tertiary/aromatic N) is 2. The Bertz CT molecular complexity index is 968. The highest BCUT2D eigenvalue weighted by molar-refractivity contribution is 8.00. The minimum absolute atomic E-state index is 0.0314. The van der Waals surface area contributed by atoms with Gasteiger partial charge in [0.15, 0.2) is 5.78 Å². The third-order valence-corrected chi connectivity index (χ3v) is 6.19. The molecule has 3 rings (SSSR count). The third kappa shape index (κ3) is 4.11. The van der Waals surface area contributed by atoms with Crippen molar-refractivity contribution in [3.63, 3.8) is 0 Å². The van der Waals surface area contributed by atoms with E-state index in [1.807, 2.05) is 6.92 Å². The Labute approximate surface area is 160 Å². The minimum Gasteiger partial charge on any atom is -0.325 e. The Balaban J connectivity index is 1.74. The lowest BCUT2D eigenvalue weighted by Gasteiger charge is -2.12. The fourth-order valence-corrected chi connectivity index (χ4v) is 4.32. The molecule has 1 unspecified atom stereocenters. The SMILES string of the molecule is CCc1cc2c(SC(C)C(=O)Nc3cccc(C(C)=O)c3)ncnc2s1. The average molecular weight is 386 g/mol. The van der Waals surface area contributed by atoms with Crippen molar-refractivity contribution in [3.8, 4) is 0 Å². The summed E-state index contributed by atoms with van der Waals surface area (Å²) in [4.78, 5) is 34.9. The van der Waals surface area contributed by atoms with Gasteiger partial charge >= 0.3 is 0 Å². The number of aromatic nitrogens is 2. The number of benzene rings is 1. The molecule has 7 heteroatoms. The molecule has 0 aliphatic rings. The van der Waals surface area contributed by atoms with Crippen molar-refractivity contribution in [3.05, 3.63) is 47.1 Å². The summed E-state index contributed by atoms with van der Waals surface area (Å²) in [6, 6.07) is 9.05. The number of thiophene rings is 1. The van der Waals surface area contributed by atoms with Gasteiger partial charge in [-0.15, -0.1) is 11.3 Å². The van der Waals surface area contributed by atoms with E-state index in [0.29, 0.717) is 11.3 Å². The van der Waals surface area contributed by atoms with Gasteiger partial charge in [0.2, 0.25) is 5.91 Å². The number of aryl methyl sites for hydroxylation is 1. The molecule has 0 aliphatic carbocycles. The van der Waals surface area contributed by atoms with Crippen molar-refractivity contribution in [2.24, 2.45) is 0 Å². The predicted molar refractivity (Wildman–Crippen MR) is 107 cm³/mol. The summed E-state index contributed by atoms with van der Waals surface area (Å²) in [6.45, 7) is 5.46. The third-order valence-electron chi connectivity index (χ3n) is 3.89. The van der Waals surface area contributed by atoms with Crippen molar-refractivity contribution >= 4 is 50.7 Å². The van der Waals surface area contributed by atoms with Crippen LogP contribution in [0, 0.1) is 0 Å². The van der Waals surface area contributed by atoms with E-state index in [1.165, 1.54) is 23.6 Å². The van der Waals surface area contributed by atoms with E-state index < -0.39 is 0 Å². The maximum atomic E-state index is 12.5. The normalized spacial score (nSPS) is 12.1. The van der Waals surface area contributed by atoms with Gasteiger partial charge in [-0.25, -0.2) is 9.97 Å². The molecule has 2 heterocycles. The molecule has 0 aliphatic heterocycles. The number of carbonyl (C=O) groups is 2. The molecule has 1 aromatic carbocycles. The molecule has 0 radical (unpaired) electrons. The Morgan fingerprint density at radius 2 is 2.08 bits per heavy atom. The molecule has 26 heavy (non-hydrogen) atoms. The van der Waals surface area contributed by atoms with Crippen LogP contribution in [-0.4, -0.2) is 26.9 Å². The molecule has 5 nitrogen and oxygen atoms in total. The van der Waals surface area contributed by atoms with E-state index in [4.69, 9.17) is 0 Å². The maximum absolute atomic E-state index is 12.5. The van der Waals surface area contributed by atoms with Gasteiger partial charge in [-0.3, -0.25) is 9.59 Å². The smallest absolute Gasteiger partial charge is 0.237 e. The van der Waals surface area contributed by atoms with Gasteiger partial charge in [0, 0.05) is 21.5 Å². The van der Waals surface area contributed by atoms with Crippen LogP contribution in [0.15, 0.2) is 41.7 Å². The van der Waals surface area contributed by atoms with Crippen LogP contribution >= 0.6 is 23.1 Å². The molecule has 0 spiro atoms. The Morgan fingerprint density at radius 3 is 2.81 bits per heavy atom. The van der Waals surface area contributed by atoms with Crippen LogP contribution in [-0.2, 0) is 11.2 Å². The number of nitrogens with one attached hydrogen (secondary N) is 1. The number of thioether (sulfide) groups is 1. The van der Waals surface area contributed by atoms with Crippen LogP contribution in [0.4, 0.5) is 5.69 Å². The highest BCUT2D eigenvalue weighted by Gasteiger charge is 2.18. The summed E-state index contributed by atoms with van der Waals surface area (Å²) in [7, 11) is 0. The summed E-state index contributed by atoms with van der Waals surface area (Å²) >= 11 is 3.07. The number of hydrogen-bond acceptors (Lipinski definition) is 6. The standard InChI is InChI=1S/C19H19N3O2S2/c1-4-15-9-16-18(20-10-21-19(16)26-15)25-12(3)17(24)22-14-7-5-6-13(8-14)11(2)23/h5-10,12H,4H2,1-3H3,(H,22,24). The molecule has 1 amide bonds. The van der Waals surface area contributed by atoms with Crippen LogP contribution in [0.3, 0.4) is 0 Å². The van der Waals surface area contributed by atoms with Crippen LogP contribution in [0.1, 0.15) is 36.0 Å². The van der Waals surface area contributed by atoms with Crippen molar-refractivity contribution in [2.75, 3.05) is 5.32 Å². The first-order chi connectivity index (χ1) is 12.5. The quantitative estimate of drug-likeness (QED) is 0.382. The molecule has 0 saturated carbocycles. The molecule has 0 bridgehead atoms. The van der Waals surface area contributed by atoms with E-state index in [2.05, 4.69) is 28.3 Å². The number of anilines is 1. The molecule has 134 valence electrons. The Hall–Kier alpha value is -2.25. The van der Waals surface area contributed by atoms with E-state index in [-0.39, 0.29) is 16.9 Å². The fraction of sp³-hybridized carbons (Fsp3) is 0.263. The summed E-state index contributed by atoms with van der Waals surface area (Å²) in [5.74, 6) is -0.163. The summed E-state index contributed by atoms with van der Waals surface area (Å²) in [5.41, 5.74) is 1.19. The first kappa shape index (κ1) is 18.5. The molecule has 0 fully saturated rings. The number of fused-ring (bicyclic) bond motifs is 1. The Kier molecular flexibility index (Phi) is 5.68. The zero-order valence-corrected chi connectivity index (χ0v) is 16.4. The first-order valence-electron chi connectivity index (χ1n) is 8.30. The average Bonchev–Trinajstić information content (AvgIpc) is 3.06. The van der Waals surface area contributed by atoms with Gasteiger partial charge in [0.1, 0.15) is 16.2 Å². The van der Waals surface area contributed by atoms with Crippen LogP contribution < -0.4 is 5.32 Å². The molecule has 2 aromatic heterocycles. The lowest BCUT2D eigenvalue weighted by molar-refractivity contribution is -0.115. The van der Waals surface area contributed by atoms with Crippen molar-refractivity contribution in [1.82, 2.24) is 9.97 Å². The highest BCUT2D eigenvalue weighted by atomic mass is 32.2. The fourth-order valence-electron chi connectivity index (χ4n) is 2.43. The number of amides is 1. The zero-order valence-electron chi connectivity index (χ0n) is 14.8. The summed E-state index contributed by atoms with van der Waals surface area (Å²) in [6.07, 6.45) is 2.50. The van der Waals surface area contributed by atoms with Crippen LogP contribution in [0.25, 0.3) is 10.2 Å². The number of rotatable bonds is 6. The van der Waals surface area contributed by atoms with E-state index in [0.717, 1.165) is 21.7 Å². The monoisotopic (exact) mass is 385 g/mol. The lowest BCUT2D eigenvalue weighted by Crippen LogP contribution is -2.22. The molecule has 0 saturated heterocycles. The van der Waals surface area contributed by atoms with Gasteiger partial charge in [0.25, 0.3) is 0 Å². The number of carbonyl (C=O) groups excluding carboxylic acids is 2. The van der Waals surface area contributed by atoms with Crippen molar-refractivity contribution in [1.29, 1.82) is 0 Å². The van der Waals surface area contributed by atoms with E-state index in [9.17, 15) is 9.59 Å². The highest BCUT2D eigenvalue weighted by Crippen LogP contribution is 2.33. The van der Waals surface area contributed by atoms with E-state index in [1.54, 1.807) is 41.9 Å². The number of hydrogen-bond donors (Lipinski definition) is 1. The van der Waals surface area contributed by atoms with Gasteiger partial charge in [-0.2, -0.15) is 0 Å². The summed E-state index contributed by atoms with van der Waals surface area (Å²) in [5, 5.41) is 4.34. The minimum atomic E-state index is -0.334. The molecular formula is C19H19N3O2S2. The van der Waals surface area contributed by atoms with Crippen LogP contribution in [0.5, 0.6) is 0 Å². The molecule has 3 aromatic rings. The Morgan fingerprint density at radius 1 is 1.27 bits per heavy atom. The van der Waals surface area contributed by atoms with Gasteiger partial charge in [0.05, 0.1) is 5.25 Å². The number of ketones is 1. The second-order valence-corrected chi connectivity index (χ2v) is 8.29. The van der Waals surface area contributed by atoms with Crippen molar-refractivity contribution < 1.29 is 9.59 Å². The predicted octanol–water partition coefficient (Wildman–Crippen LogP) is 4.58. The lowest BCUT2D eigenvalue weighted by atomic mass is 10.1.